The van der Waals surface area contributed by atoms with E-state index in [1.54, 1.807) is 24.3 Å². The zero-order chi connectivity index (χ0) is 18.8. The number of nitrogens with one attached hydrogen (secondary N) is 2. The molecule has 6 N–H and O–H groups in total. The van der Waals surface area contributed by atoms with Gasteiger partial charge in [0, 0.05) is 22.9 Å². The molecule has 0 heterocycles. The van der Waals surface area contributed by atoms with E-state index < -0.39 is 12.1 Å². The van der Waals surface area contributed by atoms with Crippen molar-refractivity contribution in [3.05, 3.63) is 60.7 Å². The van der Waals surface area contributed by atoms with Gasteiger partial charge in [-0.1, -0.05) is 58.0 Å². The van der Waals surface area contributed by atoms with E-state index in [-0.39, 0.29) is 11.8 Å². The maximum Gasteiger partial charge on any atom is 0.242 e. The lowest BCUT2D eigenvalue weighted by atomic mass is 10.3. The zero-order valence-electron chi connectivity index (χ0n) is 14.1. The van der Waals surface area contributed by atoms with Crippen LogP contribution in [0.25, 0.3) is 0 Å². The van der Waals surface area contributed by atoms with E-state index in [0.717, 1.165) is 0 Å². The normalized spacial score (nSPS) is 12.8. The SMILES string of the molecule is N[C@@H](CSSC[C@H](N)C(=O)Nc1ccccc1)C(=O)Nc1ccccc1. The van der Waals surface area contributed by atoms with Crippen LogP contribution in [-0.2, 0) is 9.59 Å². The number of hydrogen-bond acceptors (Lipinski definition) is 6. The van der Waals surface area contributed by atoms with Crippen molar-refractivity contribution < 1.29 is 9.59 Å². The lowest BCUT2D eigenvalue weighted by Crippen LogP contribution is -2.38. The molecule has 0 radical (unpaired) electrons. The van der Waals surface area contributed by atoms with Crippen molar-refractivity contribution in [1.82, 2.24) is 0 Å². The smallest absolute Gasteiger partial charge is 0.242 e. The molecule has 0 aromatic heterocycles. The third kappa shape index (κ3) is 7.09. The maximum atomic E-state index is 12.0. The molecule has 2 aromatic rings. The summed E-state index contributed by atoms with van der Waals surface area (Å²) < 4.78 is 0. The van der Waals surface area contributed by atoms with Crippen LogP contribution in [0.5, 0.6) is 0 Å². The summed E-state index contributed by atoms with van der Waals surface area (Å²) in [5.41, 5.74) is 13.2. The third-order valence-electron chi connectivity index (χ3n) is 3.33. The van der Waals surface area contributed by atoms with Crippen LogP contribution in [0.2, 0.25) is 0 Å². The number of nitrogens with two attached hydrogens (primary N) is 2. The van der Waals surface area contributed by atoms with Crippen molar-refractivity contribution in [2.45, 2.75) is 12.1 Å². The van der Waals surface area contributed by atoms with Gasteiger partial charge in [0.15, 0.2) is 0 Å². The fraction of sp³-hybridized carbons (Fsp3) is 0.222. The Bertz CT molecular complexity index is 639. The number of anilines is 2. The van der Waals surface area contributed by atoms with Crippen molar-refractivity contribution >= 4 is 44.8 Å². The predicted molar refractivity (Wildman–Crippen MR) is 111 cm³/mol. The number of para-hydroxylation sites is 2. The Morgan fingerprint density at radius 3 is 1.42 bits per heavy atom. The Balaban J connectivity index is 1.64. The molecule has 0 saturated carbocycles. The number of hydrogen-bond donors (Lipinski definition) is 4. The molecule has 2 atom stereocenters. The van der Waals surface area contributed by atoms with Gasteiger partial charge in [-0.3, -0.25) is 9.59 Å². The number of benzene rings is 2. The summed E-state index contributed by atoms with van der Waals surface area (Å²) in [5, 5.41) is 5.52. The van der Waals surface area contributed by atoms with Crippen LogP contribution in [0.3, 0.4) is 0 Å². The first kappa shape index (κ1) is 20.3. The molecule has 0 aliphatic rings. The van der Waals surface area contributed by atoms with Gasteiger partial charge in [0.2, 0.25) is 11.8 Å². The van der Waals surface area contributed by atoms with E-state index >= 15 is 0 Å². The first-order valence-corrected chi connectivity index (χ1v) is 10.5. The summed E-state index contributed by atoms with van der Waals surface area (Å²) in [7, 11) is 2.85. The average Bonchev–Trinajstić information content (AvgIpc) is 2.66. The van der Waals surface area contributed by atoms with E-state index in [2.05, 4.69) is 10.6 Å². The highest BCUT2D eigenvalue weighted by Gasteiger charge is 2.16. The minimum Gasteiger partial charge on any atom is -0.325 e. The number of carbonyl (C=O) groups is 2. The van der Waals surface area contributed by atoms with E-state index in [1.807, 2.05) is 36.4 Å². The quantitative estimate of drug-likeness (QED) is 0.386. The first-order chi connectivity index (χ1) is 12.6. The lowest BCUT2D eigenvalue weighted by molar-refractivity contribution is -0.117. The molecule has 2 amide bonds. The molecule has 26 heavy (non-hydrogen) atoms. The van der Waals surface area contributed by atoms with Crippen molar-refractivity contribution in [1.29, 1.82) is 0 Å². The van der Waals surface area contributed by atoms with Gasteiger partial charge in [0.25, 0.3) is 0 Å². The molecule has 2 rings (SSSR count). The Kier molecular flexibility index (Phi) is 8.49. The molecular weight excluding hydrogens is 368 g/mol. The number of amides is 2. The van der Waals surface area contributed by atoms with Gasteiger partial charge in [-0.05, 0) is 24.3 Å². The summed E-state index contributed by atoms with van der Waals surface area (Å²) in [4.78, 5) is 24.0. The summed E-state index contributed by atoms with van der Waals surface area (Å²) in [6.07, 6.45) is 0. The van der Waals surface area contributed by atoms with Gasteiger partial charge in [-0.25, -0.2) is 0 Å². The summed E-state index contributed by atoms with van der Waals surface area (Å²) in [6.45, 7) is 0. The molecule has 0 unspecified atom stereocenters. The van der Waals surface area contributed by atoms with Crippen LogP contribution >= 0.6 is 21.6 Å². The monoisotopic (exact) mass is 390 g/mol. The van der Waals surface area contributed by atoms with Crippen LogP contribution in [-0.4, -0.2) is 35.4 Å². The fourth-order valence-corrected chi connectivity index (χ4v) is 4.15. The van der Waals surface area contributed by atoms with Gasteiger partial charge in [0.1, 0.15) is 0 Å². The van der Waals surface area contributed by atoms with Crippen LogP contribution in [0.15, 0.2) is 60.7 Å². The standard InChI is InChI=1S/C18H22N4O2S2/c19-15(17(23)21-13-7-3-1-4-8-13)11-25-26-12-16(20)18(24)22-14-9-5-2-6-10-14/h1-10,15-16H,11-12,19-20H2,(H,21,23)(H,22,24)/t15-,16-/m0/s1. The first-order valence-electron chi connectivity index (χ1n) is 8.03. The van der Waals surface area contributed by atoms with E-state index in [4.69, 9.17) is 11.5 Å². The molecule has 0 fully saturated rings. The Morgan fingerprint density at radius 2 is 1.08 bits per heavy atom. The van der Waals surface area contributed by atoms with Gasteiger partial charge in [0.05, 0.1) is 12.1 Å². The van der Waals surface area contributed by atoms with Crippen LogP contribution in [0.4, 0.5) is 11.4 Å². The van der Waals surface area contributed by atoms with Gasteiger partial charge in [-0.2, -0.15) is 0 Å². The van der Waals surface area contributed by atoms with Crippen molar-refractivity contribution in [2.75, 3.05) is 22.1 Å². The van der Waals surface area contributed by atoms with E-state index in [9.17, 15) is 9.59 Å². The van der Waals surface area contributed by atoms with Crippen LogP contribution < -0.4 is 22.1 Å². The molecule has 0 aliphatic carbocycles. The minimum atomic E-state index is -0.637. The van der Waals surface area contributed by atoms with E-state index in [0.29, 0.717) is 22.9 Å². The second kappa shape index (κ2) is 10.9. The molecule has 0 bridgehead atoms. The second-order valence-corrected chi connectivity index (χ2v) is 8.04. The molecular formula is C18H22N4O2S2. The largest absolute Gasteiger partial charge is 0.325 e. The Labute approximate surface area is 160 Å². The highest BCUT2D eigenvalue weighted by molar-refractivity contribution is 8.76. The van der Waals surface area contributed by atoms with Gasteiger partial charge in [-0.15, -0.1) is 0 Å². The molecule has 8 heteroatoms. The average molecular weight is 391 g/mol. The highest BCUT2D eigenvalue weighted by atomic mass is 33.1. The third-order valence-corrected chi connectivity index (χ3v) is 5.81. The summed E-state index contributed by atoms with van der Waals surface area (Å²) in [5.74, 6) is 0.373. The molecule has 0 saturated heterocycles. The topological polar surface area (TPSA) is 110 Å². The molecule has 0 aliphatic heterocycles. The van der Waals surface area contributed by atoms with Crippen LogP contribution in [0, 0.1) is 0 Å². The van der Waals surface area contributed by atoms with Gasteiger partial charge < -0.3 is 22.1 Å². The Hall–Kier alpha value is -2.00. The zero-order valence-corrected chi connectivity index (χ0v) is 15.8. The Morgan fingerprint density at radius 1 is 0.731 bits per heavy atom. The lowest BCUT2D eigenvalue weighted by Gasteiger charge is -2.13. The van der Waals surface area contributed by atoms with Crippen molar-refractivity contribution in [3.63, 3.8) is 0 Å². The number of rotatable bonds is 9. The minimum absolute atomic E-state index is 0.240. The molecule has 6 nitrogen and oxygen atoms in total. The fourth-order valence-electron chi connectivity index (χ4n) is 1.91. The molecule has 2 aromatic carbocycles. The van der Waals surface area contributed by atoms with Crippen LogP contribution in [0.1, 0.15) is 0 Å². The van der Waals surface area contributed by atoms with Crippen molar-refractivity contribution in [2.24, 2.45) is 11.5 Å². The molecule has 0 spiro atoms. The summed E-state index contributed by atoms with van der Waals surface area (Å²) >= 11 is 0. The highest BCUT2D eigenvalue weighted by Crippen LogP contribution is 2.22. The predicted octanol–water partition coefficient (Wildman–Crippen LogP) is 2.30. The number of carbonyl (C=O) groups excluding carboxylic acids is 2. The van der Waals surface area contributed by atoms with Gasteiger partial charge >= 0.3 is 0 Å². The second-order valence-electron chi connectivity index (χ2n) is 5.49. The maximum absolute atomic E-state index is 12.0. The summed E-state index contributed by atoms with van der Waals surface area (Å²) in [6, 6.07) is 17.0. The van der Waals surface area contributed by atoms with E-state index in [1.165, 1.54) is 21.6 Å². The molecule has 138 valence electrons. The van der Waals surface area contributed by atoms with Crippen molar-refractivity contribution in [3.8, 4) is 0 Å².